The van der Waals surface area contributed by atoms with Gasteiger partial charge in [-0.3, -0.25) is 19.1 Å². The molecule has 2 heterocycles. The molecule has 0 atom stereocenters. The Bertz CT molecular complexity index is 1080. The van der Waals surface area contributed by atoms with Crippen molar-refractivity contribution in [3.8, 4) is 0 Å². The van der Waals surface area contributed by atoms with Crippen LogP contribution < -0.4 is 16.6 Å². The Kier molecular flexibility index (Phi) is 6.05. The number of H-pyrrole nitrogens is 1. The number of anilines is 1. The van der Waals surface area contributed by atoms with Crippen LogP contribution in [0.2, 0.25) is 0 Å². The Morgan fingerprint density at radius 1 is 1.26 bits per heavy atom. The summed E-state index contributed by atoms with van der Waals surface area (Å²) in [7, 11) is 1.50. The standard InChI is InChI=1S/C18H18N4O4S/c1-26-9-8-22-14(10-15(23)21-18(22)25)20-16(24)11-27-17-7-6-12-4-2-3-5-13(12)19-17/h2-7,10H,8-9,11H2,1H3,(H,20,24)(H,21,23,25). The van der Waals surface area contributed by atoms with Crippen LogP contribution in [-0.2, 0) is 16.1 Å². The van der Waals surface area contributed by atoms with Crippen molar-refractivity contribution in [2.75, 3.05) is 24.8 Å². The van der Waals surface area contributed by atoms with Crippen LogP contribution in [0.15, 0.2) is 57.1 Å². The maximum Gasteiger partial charge on any atom is 0.329 e. The second-order valence-electron chi connectivity index (χ2n) is 5.65. The van der Waals surface area contributed by atoms with Crippen molar-refractivity contribution in [1.29, 1.82) is 0 Å². The van der Waals surface area contributed by atoms with Crippen LogP contribution in [-0.4, -0.2) is 39.9 Å². The normalized spacial score (nSPS) is 10.9. The van der Waals surface area contributed by atoms with Gasteiger partial charge >= 0.3 is 5.69 Å². The number of fused-ring (bicyclic) bond motifs is 1. The summed E-state index contributed by atoms with van der Waals surface area (Å²) in [6.07, 6.45) is 0. The molecule has 27 heavy (non-hydrogen) atoms. The molecule has 140 valence electrons. The van der Waals surface area contributed by atoms with E-state index in [1.165, 1.54) is 29.5 Å². The van der Waals surface area contributed by atoms with E-state index in [1.807, 2.05) is 36.4 Å². The summed E-state index contributed by atoms with van der Waals surface area (Å²) >= 11 is 1.27. The Morgan fingerprint density at radius 3 is 2.89 bits per heavy atom. The van der Waals surface area contributed by atoms with Crippen molar-refractivity contribution in [2.24, 2.45) is 0 Å². The lowest BCUT2D eigenvalue weighted by Crippen LogP contribution is -2.34. The number of benzene rings is 1. The number of pyridine rings is 1. The van der Waals surface area contributed by atoms with E-state index in [1.54, 1.807) is 0 Å². The monoisotopic (exact) mass is 386 g/mol. The molecule has 2 aromatic heterocycles. The third-order valence-corrected chi connectivity index (χ3v) is 4.67. The zero-order valence-corrected chi connectivity index (χ0v) is 15.4. The van der Waals surface area contributed by atoms with Crippen molar-refractivity contribution < 1.29 is 9.53 Å². The van der Waals surface area contributed by atoms with Gasteiger partial charge in [-0.1, -0.05) is 36.0 Å². The van der Waals surface area contributed by atoms with Gasteiger partial charge in [0.05, 0.1) is 29.4 Å². The molecule has 0 saturated carbocycles. The molecule has 1 amide bonds. The first-order valence-corrected chi connectivity index (χ1v) is 9.17. The third-order valence-electron chi connectivity index (χ3n) is 3.74. The number of nitrogens with zero attached hydrogens (tertiary/aromatic N) is 2. The van der Waals surface area contributed by atoms with Gasteiger partial charge in [0.2, 0.25) is 5.91 Å². The number of carbonyl (C=O) groups is 1. The van der Waals surface area contributed by atoms with Crippen molar-refractivity contribution in [2.45, 2.75) is 11.6 Å². The first kappa shape index (κ1) is 18.9. The molecule has 3 rings (SSSR count). The Balaban J connectivity index is 1.70. The van der Waals surface area contributed by atoms with Crippen LogP contribution in [0.25, 0.3) is 10.9 Å². The number of thioether (sulfide) groups is 1. The molecule has 1 aromatic carbocycles. The molecule has 3 aromatic rings. The lowest BCUT2D eigenvalue weighted by Gasteiger charge is -2.12. The highest BCUT2D eigenvalue weighted by Crippen LogP contribution is 2.20. The molecule has 0 aliphatic heterocycles. The summed E-state index contributed by atoms with van der Waals surface area (Å²) in [5.41, 5.74) is -0.322. The first-order valence-electron chi connectivity index (χ1n) is 8.18. The summed E-state index contributed by atoms with van der Waals surface area (Å²) < 4.78 is 6.21. The molecule has 0 aliphatic carbocycles. The minimum absolute atomic E-state index is 0.0939. The smallest absolute Gasteiger partial charge is 0.329 e. The molecule has 0 spiro atoms. The Hall–Kier alpha value is -2.91. The van der Waals surface area contributed by atoms with Gasteiger partial charge in [0.15, 0.2) is 0 Å². The lowest BCUT2D eigenvalue weighted by atomic mass is 10.2. The zero-order valence-electron chi connectivity index (χ0n) is 14.6. The van der Waals surface area contributed by atoms with Gasteiger partial charge in [-0.15, -0.1) is 0 Å². The molecule has 9 heteroatoms. The maximum absolute atomic E-state index is 12.3. The minimum Gasteiger partial charge on any atom is -0.383 e. The highest BCUT2D eigenvalue weighted by Gasteiger charge is 2.11. The molecular formula is C18H18N4O4S. The van der Waals surface area contributed by atoms with Gasteiger partial charge in [-0.05, 0) is 12.1 Å². The Labute approximate surface area is 158 Å². The number of nitrogens with one attached hydrogen (secondary N) is 2. The molecule has 0 bridgehead atoms. The maximum atomic E-state index is 12.3. The van der Waals surface area contributed by atoms with E-state index in [9.17, 15) is 14.4 Å². The predicted octanol–water partition coefficient (Wildman–Crippen LogP) is 1.46. The fraction of sp³-hybridized carbons (Fsp3) is 0.222. The molecular weight excluding hydrogens is 368 g/mol. The highest BCUT2D eigenvalue weighted by atomic mass is 32.2. The number of carbonyl (C=O) groups excluding carboxylic acids is 1. The average Bonchev–Trinajstić information content (AvgIpc) is 2.65. The molecule has 8 nitrogen and oxygen atoms in total. The van der Waals surface area contributed by atoms with Gasteiger partial charge in [-0.2, -0.15) is 0 Å². The number of rotatable bonds is 7. The molecule has 2 N–H and O–H groups in total. The summed E-state index contributed by atoms with van der Waals surface area (Å²) in [6.45, 7) is 0.478. The quantitative estimate of drug-likeness (QED) is 0.596. The van der Waals surface area contributed by atoms with E-state index in [2.05, 4.69) is 15.3 Å². The number of hydrogen-bond donors (Lipinski definition) is 2. The zero-order chi connectivity index (χ0) is 19.2. The molecule has 0 fully saturated rings. The second kappa shape index (κ2) is 8.65. The van der Waals surface area contributed by atoms with Gasteiger partial charge in [0, 0.05) is 18.6 Å². The third kappa shape index (κ3) is 4.83. The van der Waals surface area contributed by atoms with E-state index in [0.29, 0.717) is 5.03 Å². The van der Waals surface area contributed by atoms with Crippen molar-refractivity contribution in [3.05, 3.63) is 63.3 Å². The second-order valence-corrected chi connectivity index (χ2v) is 6.64. The van der Waals surface area contributed by atoms with Crippen molar-refractivity contribution in [3.63, 3.8) is 0 Å². The van der Waals surface area contributed by atoms with Crippen LogP contribution in [0.5, 0.6) is 0 Å². The topological polar surface area (TPSA) is 106 Å². The number of methoxy groups -OCH3 is 1. The fourth-order valence-corrected chi connectivity index (χ4v) is 3.15. The minimum atomic E-state index is -0.598. The fourth-order valence-electron chi connectivity index (χ4n) is 2.47. The summed E-state index contributed by atoms with van der Waals surface area (Å²) in [4.78, 5) is 42.4. The van der Waals surface area contributed by atoms with Crippen LogP contribution in [0, 0.1) is 0 Å². The number of hydrogen-bond acceptors (Lipinski definition) is 6. The number of ether oxygens (including phenoxy) is 1. The van der Waals surface area contributed by atoms with Crippen molar-refractivity contribution in [1.82, 2.24) is 14.5 Å². The predicted molar refractivity (Wildman–Crippen MR) is 104 cm³/mol. The lowest BCUT2D eigenvalue weighted by molar-refractivity contribution is -0.113. The van der Waals surface area contributed by atoms with Crippen molar-refractivity contribution >= 4 is 34.4 Å². The number of amides is 1. The number of para-hydroxylation sites is 1. The van der Waals surface area contributed by atoms with E-state index in [0.717, 1.165) is 10.9 Å². The summed E-state index contributed by atoms with van der Waals surface area (Å²) in [6, 6.07) is 12.7. The van der Waals surface area contributed by atoms with Gasteiger partial charge in [-0.25, -0.2) is 9.78 Å². The largest absolute Gasteiger partial charge is 0.383 e. The molecule has 0 radical (unpaired) electrons. The highest BCUT2D eigenvalue weighted by molar-refractivity contribution is 7.99. The van der Waals surface area contributed by atoms with Crippen LogP contribution >= 0.6 is 11.8 Å². The van der Waals surface area contributed by atoms with Gasteiger partial charge in [0.1, 0.15) is 5.82 Å². The van der Waals surface area contributed by atoms with Gasteiger partial charge < -0.3 is 10.1 Å². The van der Waals surface area contributed by atoms with Crippen LogP contribution in [0.4, 0.5) is 5.82 Å². The molecule has 0 unspecified atom stereocenters. The summed E-state index contributed by atoms with van der Waals surface area (Å²) in [5.74, 6) is -0.111. The molecule has 0 saturated heterocycles. The number of aromatic nitrogens is 3. The van der Waals surface area contributed by atoms with Crippen LogP contribution in [0.1, 0.15) is 0 Å². The van der Waals surface area contributed by atoms with E-state index >= 15 is 0 Å². The SMILES string of the molecule is COCCn1c(NC(=O)CSc2ccc3ccccc3n2)cc(=O)[nH]c1=O. The first-order chi connectivity index (χ1) is 13.1. The average molecular weight is 386 g/mol. The number of aromatic amines is 1. The molecule has 0 aliphatic rings. The van der Waals surface area contributed by atoms with E-state index in [-0.39, 0.29) is 30.6 Å². The Morgan fingerprint density at radius 2 is 2.07 bits per heavy atom. The van der Waals surface area contributed by atoms with Crippen LogP contribution in [0.3, 0.4) is 0 Å². The summed E-state index contributed by atoms with van der Waals surface area (Å²) in [5, 5.41) is 4.35. The van der Waals surface area contributed by atoms with Gasteiger partial charge in [0.25, 0.3) is 5.56 Å². The van der Waals surface area contributed by atoms with E-state index in [4.69, 9.17) is 4.74 Å². The van der Waals surface area contributed by atoms with E-state index < -0.39 is 11.2 Å².